The van der Waals surface area contributed by atoms with Crippen LogP contribution in [0, 0.1) is 0 Å². The van der Waals surface area contributed by atoms with E-state index in [9.17, 15) is 9.90 Å². The van der Waals surface area contributed by atoms with E-state index in [1.165, 1.54) is 5.56 Å². The Balaban J connectivity index is 1.20. The highest BCUT2D eigenvalue weighted by atomic mass is 35.5. The third-order valence-corrected chi connectivity index (χ3v) is 8.64. The van der Waals surface area contributed by atoms with Crippen LogP contribution in [-0.4, -0.2) is 27.1 Å². The van der Waals surface area contributed by atoms with E-state index < -0.39 is 0 Å². The molecule has 0 bridgehead atoms. The molecule has 4 aromatic carbocycles. The first kappa shape index (κ1) is 30.8. The van der Waals surface area contributed by atoms with Crippen LogP contribution in [0.25, 0.3) is 22.3 Å². The van der Waals surface area contributed by atoms with Crippen LogP contribution in [0.5, 0.6) is 5.75 Å². The van der Waals surface area contributed by atoms with Crippen molar-refractivity contribution in [3.05, 3.63) is 124 Å². The molecule has 7 heteroatoms. The zero-order valence-corrected chi connectivity index (χ0v) is 26.3. The molecule has 230 valence electrons. The average molecular weight is 620 g/mol. The van der Waals surface area contributed by atoms with E-state index in [1.54, 1.807) is 0 Å². The van der Waals surface area contributed by atoms with Gasteiger partial charge in [0.2, 0.25) is 0 Å². The Hall–Kier alpha value is -4.26. The summed E-state index contributed by atoms with van der Waals surface area (Å²) in [4.78, 5) is 23.5. The molecule has 1 aromatic heterocycles. The van der Waals surface area contributed by atoms with Crippen molar-refractivity contribution < 1.29 is 14.6 Å². The number of aliphatic hydroxyl groups is 1. The Kier molecular flexibility index (Phi) is 9.72. The number of aryl methyl sites for hydroxylation is 2. The third-order valence-electron chi connectivity index (χ3n) is 8.38. The Labute approximate surface area is 269 Å². The van der Waals surface area contributed by atoms with Gasteiger partial charge in [0.05, 0.1) is 34.6 Å². The molecule has 1 aliphatic carbocycles. The van der Waals surface area contributed by atoms with Gasteiger partial charge in [0, 0.05) is 16.1 Å². The number of hydrogen-bond acceptors (Lipinski definition) is 5. The summed E-state index contributed by atoms with van der Waals surface area (Å²) < 4.78 is 6.06. The van der Waals surface area contributed by atoms with Crippen molar-refractivity contribution in [1.82, 2.24) is 15.3 Å². The van der Waals surface area contributed by atoms with Crippen LogP contribution in [-0.2, 0) is 19.4 Å². The second-order valence-electron chi connectivity index (χ2n) is 11.9. The summed E-state index contributed by atoms with van der Waals surface area (Å²) in [6, 6.07) is 29.4. The number of benzene rings is 4. The van der Waals surface area contributed by atoms with E-state index in [0.717, 1.165) is 84.3 Å². The number of amides is 1. The number of nitrogens with one attached hydrogen (secondary N) is 1. The lowest BCUT2D eigenvalue weighted by Crippen LogP contribution is -2.31. The number of carbonyl (C=O) groups is 1. The molecule has 0 saturated carbocycles. The standard InChI is InChI=1S/C38H38ClN3O3/c1-25(43)8-5-6-12-35-37(27-14-17-30(39)18-15-27)41-34-21-16-29(23-36(34)40-35)38(44)42-33-13-7-11-28-22-31(19-20-32(28)33)45-24-26-9-3-2-4-10-26/h2-4,9-10,14-23,25,33,43H,5-8,11-13,24H2,1H3,(H,42,44). The lowest BCUT2D eigenvalue weighted by Gasteiger charge is -2.27. The number of carbonyl (C=O) groups excluding carboxylic acids is 1. The van der Waals surface area contributed by atoms with Crippen molar-refractivity contribution in [2.45, 2.75) is 70.6 Å². The van der Waals surface area contributed by atoms with Gasteiger partial charge in [-0.05, 0) is 105 Å². The van der Waals surface area contributed by atoms with Crippen LogP contribution in [0.2, 0.25) is 5.02 Å². The van der Waals surface area contributed by atoms with Gasteiger partial charge < -0.3 is 15.2 Å². The second kappa shape index (κ2) is 14.2. The minimum atomic E-state index is -0.323. The molecule has 6 rings (SSSR count). The van der Waals surface area contributed by atoms with E-state index in [0.29, 0.717) is 22.7 Å². The maximum atomic E-state index is 13.6. The summed E-state index contributed by atoms with van der Waals surface area (Å²) in [5.74, 6) is 0.721. The van der Waals surface area contributed by atoms with E-state index in [-0.39, 0.29) is 18.1 Å². The van der Waals surface area contributed by atoms with Crippen LogP contribution in [0.15, 0.2) is 91.0 Å². The summed E-state index contributed by atoms with van der Waals surface area (Å²) in [6.07, 6.45) is 5.76. The highest BCUT2D eigenvalue weighted by Crippen LogP contribution is 2.33. The molecule has 1 heterocycles. The predicted molar refractivity (Wildman–Crippen MR) is 180 cm³/mol. The topological polar surface area (TPSA) is 84.3 Å². The number of nitrogens with zero attached hydrogens (tertiary/aromatic N) is 2. The second-order valence-corrected chi connectivity index (χ2v) is 12.3. The number of aliphatic hydroxyl groups excluding tert-OH is 1. The number of fused-ring (bicyclic) bond motifs is 2. The Bertz CT molecular complexity index is 1770. The number of aromatic nitrogens is 2. The smallest absolute Gasteiger partial charge is 0.251 e. The normalized spacial score (nSPS) is 15.0. The fourth-order valence-corrected chi connectivity index (χ4v) is 6.12. The molecule has 0 spiro atoms. The van der Waals surface area contributed by atoms with Gasteiger partial charge in [-0.25, -0.2) is 9.97 Å². The first-order valence-electron chi connectivity index (χ1n) is 15.8. The molecule has 2 atom stereocenters. The Morgan fingerprint density at radius 3 is 2.60 bits per heavy atom. The molecule has 2 N–H and O–H groups in total. The number of hydrogen-bond donors (Lipinski definition) is 2. The summed E-state index contributed by atoms with van der Waals surface area (Å²) in [6.45, 7) is 2.34. The zero-order chi connectivity index (χ0) is 31.2. The van der Waals surface area contributed by atoms with Crippen molar-refractivity contribution in [2.75, 3.05) is 0 Å². The molecule has 1 amide bonds. The quantitative estimate of drug-likeness (QED) is 0.145. The largest absolute Gasteiger partial charge is 0.489 e. The molecular formula is C38H38ClN3O3. The van der Waals surface area contributed by atoms with Gasteiger partial charge in [-0.3, -0.25) is 4.79 Å². The Morgan fingerprint density at radius 1 is 0.978 bits per heavy atom. The number of halogens is 1. The third kappa shape index (κ3) is 7.70. The van der Waals surface area contributed by atoms with Crippen molar-refractivity contribution >= 4 is 28.5 Å². The molecule has 0 radical (unpaired) electrons. The fourth-order valence-electron chi connectivity index (χ4n) is 5.99. The summed E-state index contributed by atoms with van der Waals surface area (Å²) in [7, 11) is 0. The summed E-state index contributed by atoms with van der Waals surface area (Å²) >= 11 is 6.15. The molecule has 45 heavy (non-hydrogen) atoms. The van der Waals surface area contributed by atoms with E-state index in [1.807, 2.05) is 73.7 Å². The van der Waals surface area contributed by atoms with Gasteiger partial charge in [0.1, 0.15) is 12.4 Å². The van der Waals surface area contributed by atoms with Crippen LogP contribution < -0.4 is 10.1 Å². The van der Waals surface area contributed by atoms with E-state index in [2.05, 4.69) is 29.6 Å². The molecule has 0 saturated heterocycles. The van der Waals surface area contributed by atoms with Crippen molar-refractivity contribution in [3.8, 4) is 17.0 Å². The van der Waals surface area contributed by atoms with Crippen LogP contribution in [0.1, 0.15) is 77.8 Å². The zero-order valence-electron chi connectivity index (χ0n) is 25.5. The lowest BCUT2D eigenvalue weighted by molar-refractivity contribution is 0.0933. The molecule has 2 unspecified atom stereocenters. The van der Waals surface area contributed by atoms with Crippen molar-refractivity contribution in [1.29, 1.82) is 0 Å². The van der Waals surface area contributed by atoms with Crippen LogP contribution in [0.4, 0.5) is 0 Å². The lowest BCUT2D eigenvalue weighted by atomic mass is 9.87. The molecule has 5 aromatic rings. The maximum Gasteiger partial charge on any atom is 0.251 e. The monoisotopic (exact) mass is 619 g/mol. The first-order chi connectivity index (χ1) is 21.9. The van der Waals surface area contributed by atoms with Crippen molar-refractivity contribution in [2.24, 2.45) is 0 Å². The number of unbranched alkanes of at least 4 members (excludes halogenated alkanes) is 1. The highest BCUT2D eigenvalue weighted by Gasteiger charge is 2.23. The van der Waals surface area contributed by atoms with E-state index >= 15 is 0 Å². The highest BCUT2D eigenvalue weighted by molar-refractivity contribution is 6.30. The van der Waals surface area contributed by atoms with E-state index in [4.69, 9.17) is 26.3 Å². The molecular weight excluding hydrogens is 582 g/mol. The Morgan fingerprint density at radius 2 is 1.80 bits per heavy atom. The molecule has 1 aliphatic rings. The predicted octanol–water partition coefficient (Wildman–Crippen LogP) is 8.43. The molecule has 0 aliphatic heterocycles. The van der Waals surface area contributed by atoms with Crippen LogP contribution >= 0.6 is 11.6 Å². The average Bonchev–Trinajstić information content (AvgIpc) is 3.06. The van der Waals surface area contributed by atoms with Gasteiger partial charge >= 0.3 is 0 Å². The molecule has 6 nitrogen and oxygen atoms in total. The summed E-state index contributed by atoms with van der Waals surface area (Å²) in [5.41, 5.74) is 8.12. The van der Waals surface area contributed by atoms with Crippen LogP contribution in [0.3, 0.4) is 0 Å². The van der Waals surface area contributed by atoms with Crippen molar-refractivity contribution in [3.63, 3.8) is 0 Å². The molecule has 0 fully saturated rings. The minimum absolute atomic E-state index is 0.0667. The number of rotatable bonds is 11. The number of ether oxygens (including phenoxy) is 1. The van der Waals surface area contributed by atoms with Gasteiger partial charge in [0.25, 0.3) is 5.91 Å². The van der Waals surface area contributed by atoms with Gasteiger partial charge in [0.15, 0.2) is 0 Å². The summed E-state index contributed by atoms with van der Waals surface area (Å²) in [5, 5.41) is 13.6. The maximum absolute atomic E-state index is 13.6. The SMILES string of the molecule is CC(O)CCCCc1nc2cc(C(=O)NC3CCCc4cc(OCc5ccccc5)ccc43)ccc2nc1-c1ccc(Cl)cc1. The first-order valence-corrected chi connectivity index (χ1v) is 16.2. The van der Waals surface area contributed by atoms with Gasteiger partial charge in [-0.1, -0.05) is 66.6 Å². The fraction of sp³-hybridized carbons (Fsp3) is 0.289. The van der Waals surface area contributed by atoms with Gasteiger partial charge in [-0.15, -0.1) is 0 Å². The van der Waals surface area contributed by atoms with Gasteiger partial charge in [-0.2, -0.15) is 0 Å². The minimum Gasteiger partial charge on any atom is -0.489 e.